The Morgan fingerprint density at radius 2 is 1.82 bits per heavy atom. The molecule has 1 atom stereocenters. The number of hydrogen-bond donors (Lipinski definition) is 1. The van der Waals surface area contributed by atoms with Gasteiger partial charge in [0.25, 0.3) is 0 Å². The lowest BCUT2D eigenvalue weighted by Gasteiger charge is -2.28. The minimum atomic E-state index is 0.471. The van der Waals surface area contributed by atoms with Gasteiger partial charge < -0.3 is 5.32 Å². The first-order valence-corrected chi connectivity index (χ1v) is 6.78. The van der Waals surface area contributed by atoms with Crippen LogP contribution in [0.25, 0.3) is 0 Å². The molecule has 1 aliphatic carbocycles. The minimum Gasteiger partial charge on any atom is -0.309 e. The zero-order chi connectivity index (χ0) is 12.5. The third kappa shape index (κ3) is 3.10. The Morgan fingerprint density at radius 3 is 2.35 bits per heavy atom. The second-order valence-corrected chi connectivity index (χ2v) is 6.31. The van der Waals surface area contributed by atoms with E-state index < -0.39 is 0 Å². The number of nitrogens with one attached hydrogen (secondary N) is 1. The molecule has 0 bridgehead atoms. The summed E-state index contributed by atoms with van der Waals surface area (Å²) in [5, 5.41) is 3.74. The summed E-state index contributed by atoms with van der Waals surface area (Å²) in [5.74, 6) is 0. The quantitative estimate of drug-likeness (QED) is 0.830. The molecule has 94 valence electrons. The fourth-order valence-corrected chi connectivity index (χ4v) is 3.12. The summed E-state index contributed by atoms with van der Waals surface area (Å²) in [4.78, 5) is 0. The van der Waals surface area contributed by atoms with Crippen molar-refractivity contribution in [2.24, 2.45) is 5.41 Å². The lowest BCUT2D eigenvalue weighted by Crippen LogP contribution is -2.37. The van der Waals surface area contributed by atoms with Crippen LogP contribution in [0, 0.1) is 19.3 Å². The van der Waals surface area contributed by atoms with Crippen molar-refractivity contribution in [3.8, 4) is 0 Å². The molecule has 1 unspecified atom stereocenters. The van der Waals surface area contributed by atoms with Gasteiger partial charge in [-0.1, -0.05) is 49.6 Å². The molecule has 1 aliphatic rings. The zero-order valence-electron chi connectivity index (χ0n) is 11.6. The van der Waals surface area contributed by atoms with Crippen LogP contribution in [0.5, 0.6) is 0 Å². The summed E-state index contributed by atoms with van der Waals surface area (Å²) in [6.45, 7) is 10.1. The Morgan fingerprint density at radius 1 is 1.18 bits per heavy atom. The van der Waals surface area contributed by atoms with Crippen LogP contribution >= 0.6 is 0 Å². The fraction of sp³-hybridized carbons (Fsp3) is 0.625. The first-order chi connectivity index (χ1) is 7.97. The van der Waals surface area contributed by atoms with Crippen LogP contribution in [0.1, 0.15) is 49.8 Å². The molecule has 1 N–H and O–H groups in total. The van der Waals surface area contributed by atoms with Crippen molar-refractivity contribution in [3.05, 3.63) is 34.9 Å². The van der Waals surface area contributed by atoms with Crippen LogP contribution in [-0.2, 0) is 6.54 Å². The van der Waals surface area contributed by atoms with Crippen molar-refractivity contribution < 1.29 is 0 Å². The maximum absolute atomic E-state index is 3.74. The van der Waals surface area contributed by atoms with Crippen LogP contribution in [0.4, 0.5) is 0 Å². The highest BCUT2D eigenvalue weighted by molar-refractivity contribution is 5.28. The van der Waals surface area contributed by atoms with Crippen molar-refractivity contribution in [2.45, 2.75) is 59.5 Å². The third-order valence-corrected chi connectivity index (χ3v) is 4.09. The molecule has 2 rings (SSSR count). The number of hydrogen-bond acceptors (Lipinski definition) is 1. The molecule has 1 nitrogen and oxygen atoms in total. The van der Waals surface area contributed by atoms with Gasteiger partial charge in [0.15, 0.2) is 0 Å². The van der Waals surface area contributed by atoms with E-state index in [9.17, 15) is 0 Å². The largest absolute Gasteiger partial charge is 0.309 e. The Kier molecular flexibility index (Phi) is 3.58. The molecular weight excluding hydrogens is 206 g/mol. The van der Waals surface area contributed by atoms with E-state index in [2.05, 4.69) is 51.2 Å². The standard InChI is InChI=1S/C16H25N/c1-12-8-13(2)10-14(9-12)11-17-15-6-5-7-16(15,3)4/h8-10,15,17H,5-7,11H2,1-4H3. The summed E-state index contributed by atoms with van der Waals surface area (Å²) in [7, 11) is 0. The normalized spacial score (nSPS) is 22.9. The van der Waals surface area contributed by atoms with Crippen molar-refractivity contribution in [3.63, 3.8) is 0 Å². The van der Waals surface area contributed by atoms with Gasteiger partial charge in [-0.15, -0.1) is 0 Å². The molecule has 0 spiro atoms. The van der Waals surface area contributed by atoms with Gasteiger partial charge >= 0.3 is 0 Å². The van der Waals surface area contributed by atoms with E-state index in [1.807, 2.05) is 0 Å². The summed E-state index contributed by atoms with van der Waals surface area (Å²) in [6, 6.07) is 7.51. The average molecular weight is 231 g/mol. The van der Waals surface area contributed by atoms with E-state index >= 15 is 0 Å². The van der Waals surface area contributed by atoms with E-state index in [1.165, 1.54) is 36.0 Å². The zero-order valence-corrected chi connectivity index (χ0v) is 11.6. The average Bonchev–Trinajstić information content (AvgIpc) is 2.53. The molecule has 1 aromatic rings. The van der Waals surface area contributed by atoms with Crippen molar-refractivity contribution in [1.29, 1.82) is 0 Å². The smallest absolute Gasteiger partial charge is 0.0208 e. The maximum Gasteiger partial charge on any atom is 0.0208 e. The second kappa shape index (κ2) is 4.81. The molecule has 0 heterocycles. The Labute approximate surface area is 106 Å². The Balaban J connectivity index is 1.98. The number of rotatable bonds is 3. The van der Waals surface area contributed by atoms with Crippen LogP contribution in [0.3, 0.4) is 0 Å². The van der Waals surface area contributed by atoms with Gasteiger partial charge in [-0.25, -0.2) is 0 Å². The van der Waals surface area contributed by atoms with E-state index in [0.29, 0.717) is 11.5 Å². The maximum atomic E-state index is 3.74. The van der Waals surface area contributed by atoms with Crippen molar-refractivity contribution >= 4 is 0 Å². The van der Waals surface area contributed by atoms with Gasteiger partial charge in [0, 0.05) is 12.6 Å². The van der Waals surface area contributed by atoms with E-state index in [-0.39, 0.29) is 0 Å². The van der Waals surface area contributed by atoms with E-state index in [4.69, 9.17) is 0 Å². The molecule has 1 saturated carbocycles. The van der Waals surface area contributed by atoms with E-state index in [1.54, 1.807) is 0 Å². The minimum absolute atomic E-state index is 0.471. The molecule has 1 fully saturated rings. The van der Waals surface area contributed by atoms with Gasteiger partial charge in [-0.3, -0.25) is 0 Å². The van der Waals surface area contributed by atoms with Crippen molar-refractivity contribution in [2.75, 3.05) is 0 Å². The number of benzene rings is 1. The highest BCUT2D eigenvalue weighted by atomic mass is 14.9. The SMILES string of the molecule is Cc1cc(C)cc(CNC2CCCC2(C)C)c1. The Hall–Kier alpha value is -0.820. The van der Waals surface area contributed by atoms with Gasteiger partial charge in [-0.05, 0) is 37.7 Å². The molecule has 0 amide bonds. The topological polar surface area (TPSA) is 12.0 Å². The number of aryl methyl sites for hydroxylation is 2. The van der Waals surface area contributed by atoms with Gasteiger partial charge in [-0.2, -0.15) is 0 Å². The predicted octanol–water partition coefficient (Wildman–Crippen LogP) is 3.97. The van der Waals surface area contributed by atoms with Crippen LogP contribution in [0.2, 0.25) is 0 Å². The summed E-state index contributed by atoms with van der Waals surface area (Å²) in [5.41, 5.74) is 4.63. The van der Waals surface area contributed by atoms with E-state index in [0.717, 1.165) is 6.54 Å². The highest BCUT2D eigenvalue weighted by Gasteiger charge is 2.33. The molecule has 0 saturated heterocycles. The van der Waals surface area contributed by atoms with Crippen LogP contribution < -0.4 is 5.32 Å². The van der Waals surface area contributed by atoms with Gasteiger partial charge in [0.1, 0.15) is 0 Å². The summed E-state index contributed by atoms with van der Waals surface area (Å²) < 4.78 is 0. The van der Waals surface area contributed by atoms with Crippen LogP contribution in [0.15, 0.2) is 18.2 Å². The lowest BCUT2D eigenvalue weighted by atomic mass is 9.87. The highest BCUT2D eigenvalue weighted by Crippen LogP contribution is 2.37. The molecule has 0 aliphatic heterocycles. The van der Waals surface area contributed by atoms with Gasteiger partial charge in [0.05, 0.1) is 0 Å². The molecular formula is C16H25N. The first-order valence-electron chi connectivity index (χ1n) is 6.78. The summed E-state index contributed by atoms with van der Waals surface area (Å²) in [6.07, 6.45) is 4.06. The molecule has 1 heteroatoms. The molecule has 0 radical (unpaired) electrons. The monoisotopic (exact) mass is 231 g/mol. The summed E-state index contributed by atoms with van der Waals surface area (Å²) >= 11 is 0. The molecule has 1 aromatic carbocycles. The predicted molar refractivity (Wildman–Crippen MR) is 74.2 cm³/mol. The fourth-order valence-electron chi connectivity index (χ4n) is 3.12. The van der Waals surface area contributed by atoms with Crippen molar-refractivity contribution in [1.82, 2.24) is 5.32 Å². The van der Waals surface area contributed by atoms with Crippen LogP contribution in [-0.4, -0.2) is 6.04 Å². The first kappa shape index (κ1) is 12.6. The Bertz CT molecular complexity index is 372. The lowest BCUT2D eigenvalue weighted by molar-refractivity contribution is 0.282. The molecule has 17 heavy (non-hydrogen) atoms. The second-order valence-electron chi connectivity index (χ2n) is 6.31. The molecule has 0 aromatic heterocycles. The van der Waals surface area contributed by atoms with Gasteiger partial charge in [0.2, 0.25) is 0 Å². The third-order valence-electron chi connectivity index (χ3n) is 4.09.